The highest BCUT2D eigenvalue weighted by atomic mass is 19.4. The number of benzene rings is 2. The number of imidazole rings is 1. The third-order valence-corrected chi connectivity index (χ3v) is 6.27. The van der Waals surface area contributed by atoms with Gasteiger partial charge in [-0.1, -0.05) is 6.07 Å². The van der Waals surface area contributed by atoms with E-state index in [1.54, 1.807) is 6.07 Å². The Hall–Kier alpha value is -4.02. The molecule has 0 spiro atoms. The number of aromatic nitrogens is 4. The summed E-state index contributed by atoms with van der Waals surface area (Å²) < 4.78 is 59.6. The molecule has 2 aromatic carbocycles. The van der Waals surface area contributed by atoms with Crippen molar-refractivity contribution in [3.8, 4) is 28.5 Å². The summed E-state index contributed by atoms with van der Waals surface area (Å²) in [6, 6.07) is 7.45. The van der Waals surface area contributed by atoms with Crippen LogP contribution in [0.5, 0.6) is 5.88 Å². The molecular weight excluding hydrogens is 480 g/mol. The van der Waals surface area contributed by atoms with Crippen LogP contribution in [0.4, 0.5) is 17.6 Å². The highest BCUT2D eigenvalue weighted by molar-refractivity contribution is 5.80. The number of fused-ring (bicyclic) bond motifs is 1. The molecule has 0 radical (unpaired) electrons. The minimum absolute atomic E-state index is 0.105. The second kappa shape index (κ2) is 9.21. The zero-order valence-electron chi connectivity index (χ0n) is 18.7. The number of carbonyl (C=O) groups is 1. The number of ether oxygens (including phenoxy) is 1. The van der Waals surface area contributed by atoms with Gasteiger partial charge in [0.05, 0.1) is 46.2 Å². The zero-order chi connectivity index (χ0) is 25.4. The molecule has 0 amide bonds. The smallest absolute Gasteiger partial charge is 0.416 e. The molecule has 11 heteroatoms. The van der Waals surface area contributed by atoms with E-state index in [1.165, 1.54) is 30.6 Å². The highest BCUT2D eigenvalue weighted by Crippen LogP contribution is 2.33. The molecule has 2 N–H and O–H groups in total. The summed E-state index contributed by atoms with van der Waals surface area (Å²) in [6.07, 6.45) is 0.590. The maximum Gasteiger partial charge on any atom is 0.416 e. The predicted molar refractivity (Wildman–Crippen MR) is 122 cm³/mol. The summed E-state index contributed by atoms with van der Waals surface area (Å²) in [5.74, 6) is -1.34. The van der Waals surface area contributed by atoms with Crippen molar-refractivity contribution in [3.63, 3.8) is 0 Å². The third-order valence-electron chi connectivity index (χ3n) is 6.27. The second-order valence-corrected chi connectivity index (χ2v) is 8.68. The first-order valence-corrected chi connectivity index (χ1v) is 11.3. The van der Waals surface area contributed by atoms with E-state index in [1.807, 2.05) is 0 Å². The van der Waals surface area contributed by atoms with Gasteiger partial charge in [0.25, 0.3) is 0 Å². The van der Waals surface area contributed by atoms with Crippen molar-refractivity contribution in [1.29, 1.82) is 0 Å². The van der Waals surface area contributed by atoms with Crippen molar-refractivity contribution < 1.29 is 32.2 Å². The molecule has 1 fully saturated rings. The van der Waals surface area contributed by atoms with Gasteiger partial charge in [-0.05, 0) is 56.0 Å². The summed E-state index contributed by atoms with van der Waals surface area (Å²) in [5.41, 5.74) is 0.587. The van der Waals surface area contributed by atoms with Gasteiger partial charge < -0.3 is 14.8 Å². The lowest BCUT2D eigenvalue weighted by atomic mass is 9.87. The van der Waals surface area contributed by atoms with Crippen LogP contribution in [-0.2, 0) is 11.0 Å². The van der Waals surface area contributed by atoms with E-state index in [9.17, 15) is 22.4 Å². The van der Waals surface area contributed by atoms with E-state index in [0.29, 0.717) is 48.3 Å². The van der Waals surface area contributed by atoms with E-state index in [4.69, 9.17) is 9.84 Å². The SMILES string of the molecule is O=C(O)[C@H]1CC[C@H](Oc2cnc(-c3ccc(-c4nc5ccc(C(F)(F)F)cc5[nH]4)c(F)c3)cn2)CC1. The maximum atomic E-state index is 14.9. The van der Waals surface area contributed by atoms with Crippen molar-refractivity contribution >= 4 is 17.0 Å². The third kappa shape index (κ3) is 4.86. The molecule has 0 atom stereocenters. The maximum absolute atomic E-state index is 14.9. The van der Waals surface area contributed by atoms with Crippen LogP contribution in [0.1, 0.15) is 31.2 Å². The Labute approximate surface area is 202 Å². The van der Waals surface area contributed by atoms with Gasteiger partial charge in [0, 0.05) is 5.56 Å². The number of rotatable bonds is 5. The summed E-state index contributed by atoms with van der Waals surface area (Å²) in [4.78, 5) is 26.6. The molecule has 7 nitrogen and oxygen atoms in total. The van der Waals surface area contributed by atoms with Crippen LogP contribution < -0.4 is 4.74 Å². The summed E-state index contributed by atoms with van der Waals surface area (Å²) in [6.45, 7) is 0. The second-order valence-electron chi connectivity index (χ2n) is 8.68. The van der Waals surface area contributed by atoms with E-state index >= 15 is 0 Å². The number of carboxylic acids is 1. The summed E-state index contributed by atoms with van der Waals surface area (Å²) in [7, 11) is 0. The van der Waals surface area contributed by atoms with Crippen molar-refractivity contribution in [3.05, 3.63) is 60.2 Å². The number of carboxylic acid groups (broad SMARTS) is 1. The van der Waals surface area contributed by atoms with Crippen molar-refractivity contribution in [2.75, 3.05) is 0 Å². The first-order chi connectivity index (χ1) is 17.2. The Kier molecular flexibility index (Phi) is 6.07. The van der Waals surface area contributed by atoms with Gasteiger partial charge in [0.15, 0.2) is 0 Å². The Balaban J connectivity index is 1.30. The molecule has 0 bridgehead atoms. The number of H-pyrrole nitrogens is 1. The number of halogens is 4. The lowest BCUT2D eigenvalue weighted by Gasteiger charge is -2.26. The van der Waals surface area contributed by atoms with Gasteiger partial charge >= 0.3 is 12.1 Å². The number of aromatic amines is 1. The summed E-state index contributed by atoms with van der Waals surface area (Å²) >= 11 is 0. The van der Waals surface area contributed by atoms with Crippen LogP contribution in [0.2, 0.25) is 0 Å². The largest absolute Gasteiger partial charge is 0.481 e. The molecule has 1 aliphatic carbocycles. The first-order valence-electron chi connectivity index (χ1n) is 11.3. The molecule has 4 aromatic rings. The number of hydrogen-bond acceptors (Lipinski definition) is 5. The van der Waals surface area contributed by atoms with Crippen LogP contribution in [-0.4, -0.2) is 37.1 Å². The fourth-order valence-corrected chi connectivity index (χ4v) is 4.30. The van der Waals surface area contributed by atoms with Crippen molar-refractivity contribution in [2.45, 2.75) is 38.0 Å². The molecule has 0 unspecified atom stereocenters. The van der Waals surface area contributed by atoms with E-state index < -0.39 is 23.5 Å². The average molecular weight is 500 g/mol. The molecule has 0 aliphatic heterocycles. The van der Waals surface area contributed by atoms with E-state index in [0.717, 1.165) is 12.1 Å². The minimum Gasteiger partial charge on any atom is -0.481 e. The number of hydrogen-bond donors (Lipinski definition) is 2. The quantitative estimate of drug-likeness (QED) is 0.333. The Morgan fingerprint density at radius 3 is 2.44 bits per heavy atom. The normalized spacial score (nSPS) is 18.3. The molecule has 2 heterocycles. The topological polar surface area (TPSA) is 101 Å². The molecule has 36 heavy (non-hydrogen) atoms. The number of nitrogens with one attached hydrogen (secondary N) is 1. The minimum atomic E-state index is -4.49. The molecule has 0 saturated heterocycles. The van der Waals surface area contributed by atoms with Gasteiger partial charge in [0.2, 0.25) is 5.88 Å². The van der Waals surface area contributed by atoms with Crippen LogP contribution in [0, 0.1) is 11.7 Å². The number of nitrogens with zero attached hydrogens (tertiary/aromatic N) is 3. The average Bonchev–Trinajstić information content (AvgIpc) is 3.27. The Morgan fingerprint density at radius 1 is 1.03 bits per heavy atom. The van der Waals surface area contributed by atoms with Gasteiger partial charge in [0.1, 0.15) is 17.7 Å². The fraction of sp³-hybridized carbons (Fsp3) is 0.280. The molecule has 2 aromatic heterocycles. The zero-order valence-corrected chi connectivity index (χ0v) is 18.7. The van der Waals surface area contributed by atoms with E-state index in [-0.39, 0.29) is 28.9 Å². The van der Waals surface area contributed by atoms with Gasteiger partial charge in [-0.3, -0.25) is 4.79 Å². The van der Waals surface area contributed by atoms with Crippen LogP contribution in [0.15, 0.2) is 48.8 Å². The van der Waals surface area contributed by atoms with Gasteiger partial charge in [-0.25, -0.2) is 19.3 Å². The number of alkyl halides is 3. The lowest BCUT2D eigenvalue weighted by Crippen LogP contribution is -2.28. The Morgan fingerprint density at radius 2 is 1.81 bits per heavy atom. The molecule has 1 aliphatic rings. The monoisotopic (exact) mass is 500 g/mol. The van der Waals surface area contributed by atoms with Crippen molar-refractivity contribution in [1.82, 2.24) is 19.9 Å². The van der Waals surface area contributed by atoms with Crippen molar-refractivity contribution in [2.24, 2.45) is 5.92 Å². The summed E-state index contributed by atoms with van der Waals surface area (Å²) in [5, 5.41) is 9.09. The molecular formula is C25H20F4N4O3. The molecule has 186 valence electrons. The predicted octanol–water partition coefficient (Wildman–Crippen LogP) is 5.87. The highest BCUT2D eigenvalue weighted by Gasteiger charge is 2.31. The van der Waals surface area contributed by atoms with Crippen LogP contribution in [0.25, 0.3) is 33.7 Å². The van der Waals surface area contributed by atoms with Gasteiger partial charge in [-0.2, -0.15) is 13.2 Å². The first kappa shape index (κ1) is 23.7. The Bertz CT molecular complexity index is 1410. The lowest BCUT2D eigenvalue weighted by molar-refractivity contribution is -0.143. The fourth-order valence-electron chi connectivity index (χ4n) is 4.30. The molecule has 5 rings (SSSR count). The standard InChI is InChI=1S/C25H20F4N4O3/c26-18-9-14(21-11-31-22(12-30-21)36-16-5-1-13(2-6-16)24(34)35)3-7-17(18)23-32-19-8-4-15(25(27,28)29)10-20(19)33-23/h3-4,7-13,16H,1-2,5-6H2,(H,32,33)(H,34,35)/t13-,16-. The van der Waals surface area contributed by atoms with Crippen LogP contribution in [0.3, 0.4) is 0 Å². The molecule has 1 saturated carbocycles. The van der Waals surface area contributed by atoms with E-state index in [2.05, 4.69) is 19.9 Å². The number of aliphatic carboxylic acids is 1. The van der Waals surface area contributed by atoms with Gasteiger partial charge in [-0.15, -0.1) is 0 Å². The van der Waals surface area contributed by atoms with Crippen LogP contribution >= 0.6 is 0 Å².